The first kappa shape index (κ1) is 11.2. The molecule has 0 atom stereocenters. The topological polar surface area (TPSA) is 42.2 Å². The van der Waals surface area contributed by atoms with Gasteiger partial charge >= 0.3 is 5.97 Å². The molecule has 1 aliphatic carbocycles. The van der Waals surface area contributed by atoms with E-state index >= 15 is 0 Å². The lowest BCUT2D eigenvalue weighted by Gasteiger charge is -2.36. The summed E-state index contributed by atoms with van der Waals surface area (Å²) < 4.78 is 1.99. The monoisotopic (exact) mass is 221 g/mol. The Morgan fingerprint density at radius 3 is 2.44 bits per heavy atom. The second kappa shape index (κ2) is 4.32. The predicted octanol–water partition coefficient (Wildman–Crippen LogP) is 2.77. The molecule has 3 heteroatoms. The van der Waals surface area contributed by atoms with Crippen molar-refractivity contribution in [2.75, 3.05) is 0 Å². The van der Waals surface area contributed by atoms with Gasteiger partial charge in [-0.25, -0.2) is 0 Å². The van der Waals surface area contributed by atoms with Crippen LogP contribution >= 0.6 is 0 Å². The highest BCUT2D eigenvalue weighted by Gasteiger charge is 2.41. The molecule has 0 radical (unpaired) electrons. The summed E-state index contributed by atoms with van der Waals surface area (Å²) in [5.41, 5.74) is -0.536. The first-order valence-corrected chi connectivity index (χ1v) is 5.96. The summed E-state index contributed by atoms with van der Waals surface area (Å²) in [6.45, 7) is 2.82. The van der Waals surface area contributed by atoms with Crippen molar-refractivity contribution in [2.45, 2.75) is 39.2 Å². The van der Waals surface area contributed by atoms with Crippen LogP contribution in [0.5, 0.6) is 0 Å². The summed E-state index contributed by atoms with van der Waals surface area (Å²) in [6.07, 6.45) is 7.58. The van der Waals surface area contributed by atoms with Crippen molar-refractivity contribution >= 4 is 5.97 Å². The third-order valence-corrected chi connectivity index (χ3v) is 3.84. The van der Waals surface area contributed by atoms with Crippen molar-refractivity contribution in [1.82, 2.24) is 4.57 Å². The molecule has 1 aromatic heterocycles. The van der Waals surface area contributed by atoms with Gasteiger partial charge in [0.2, 0.25) is 0 Å². The average molecular weight is 221 g/mol. The SMILES string of the molecule is CC1CCC(Cn2cccc2)(C(=O)O)CC1. The fourth-order valence-corrected chi connectivity index (χ4v) is 2.58. The molecular weight excluding hydrogens is 202 g/mol. The molecule has 0 unspecified atom stereocenters. The molecule has 0 saturated heterocycles. The standard InChI is InChI=1S/C13H19NO2/c1-11-4-6-13(7-5-11,12(15)16)10-14-8-2-3-9-14/h2-3,8-9,11H,4-7,10H2,1H3,(H,15,16). The zero-order chi connectivity index (χ0) is 11.6. The summed E-state index contributed by atoms with van der Waals surface area (Å²) in [4.78, 5) is 11.5. The van der Waals surface area contributed by atoms with Crippen molar-refractivity contribution in [3.05, 3.63) is 24.5 Å². The van der Waals surface area contributed by atoms with Gasteiger partial charge in [0.15, 0.2) is 0 Å². The Kier molecular flexibility index (Phi) is 3.03. The van der Waals surface area contributed by atoms with Crippen LogP contribution in [-0.4, -0.2) is 15.6 Å². The predicted molar refractivity (Wildman–Crippen MR) is 62.1 cm³/mol. The molecular formula is C13H19NO2. The quantitative estimate of drug-likeness (QED) is 0.852. The Morgan fingerprint density at radius 1 is 1.38 bits per heavy atom. The van der Waals surface area contributed by atoms with Crippen molar-refractivity contribution in [1.29, 1.82) is 0 Å². The second-order valence-electron chi connectivity index (χ2n) is 5.12. The third-order valence-electron chi connectivity index (χ3n) is 3.84. The zero-order valence-corrected chi connectivity index (χ0v) is 9.72. The Balaban J connectivity index is 2.13. The van der Waals surface area contributed by atoms with Crippen molar-refractivity contribution in [3.8, 4) is 0 Å². The van der Waals surface area contributed by atoms with Crippen LogP contribution in [0.1, 0.15) is 32.6 Å². The van der Waals surface area contributed by atoms with Gasteiger partial charge in [-0.3, -0.25) is 4.79 Å². The molecule has 1 N–H and O–H groups in total. The van der Waals surface area contributed by atoms with E-state index in [-0.39, 0.29) is 0 Å². The maximum atomic E-state index is 11.5. The fraction of sp³-hybridized carbons (Fsp3) is 0.615. The van der Waals surface area contributed by atoms with Crippen LogP contribution in [0.3, 0.4) is 0 Å². The van der Waals surface area contributed by atoms with E-state index in [0.717, 1.165) is 25.7 Å². The van der Waals surface area contributed by atoms with Gasteiger partial charge in [0.1, 0.15) is 0 Å². The van der Waals surface area contributed by atoms with Crippen LogP contribution in [0.15, 0.2) is 24.5 Å². The van der Waals surface area contributed by atoms with Gasteiger partial charge in [0.25, 0.3) is 0 Å². The number of carbonyl (C=O) groups is 1. The van der Waals surface area contributed by atoms with Crippen LogP contribution in [0.25, 0.3) is 0 Å². The molecule has 0 bridgehead atoms. The molecule has 0 aromatic carbocycles. The van der Waals surface area contributed by atoms with Gasteiger partial charge in [-0.2, -0.15) is 0 Å². The Hall–Kier alpha value is -1.25. The molecule has 3 nitrogen and oxygen atoms in total. The summed E-state index contributed by atoms with van der Waals surface area (Å²) >= 11 is 0. The molecule has 0 amide bonds. The number of aliphatic carboxylic acids is 1. The number of hydrogen-bond acceptors (Lipinski definition) is 1. The van der Waals surface area contributed by atoms with Crippen molar-refractivity contribution < 1.29 is 9.90 Å². The largest absolute Gasteiger partial charge is 0.481 e. The summed E-state index contributed by atoms with van der Waals surface area (Å²) in [7, 11) is 0. The fourth-order valence-electron chi connectivity index (χ4n) is 2.58. The van der Waals surface area contributed by atoms with E-state index < -0.39 is 11.4 Å². The molecule has 88 valence electrons. The van der Waals surface area contributed by atoms with Crippen LogP contribution in [0.4, 0.5) is 0 Å². The lowest BCUT2D eigenvalue weighted by atomic mass is 9.71. The molecule has 2 rings (SSSR count). The number of carboxylic acids is 1. The molecule has 1 fully saturated rings. The Labute approximate surface area is 96.1 Å². The van der Waals surface area contributed by atoms with Gasteiger partial charge in [0, 0.05) is 18.9 Å². The Bertz CT molecular complexity index is 348. The number of rotatable bonds is 3. The first-order valence-electron chi connectivity index (χ1n) is 5.96. The van der Waals surface area contributed by atoms with Gasteiger partial charge in [0.05, 0.1) is 5.41 Å². The highest BCUT2D eigenvalue weighted by atomic mass is 16.4. The van der Waals surface area contributed by atoms with Crippen LogP contribution in [-0.2, 0) is 11.3 Å². The molecule has 0 spiro atoms. The second-order valence-corrected chi connectivity index (χ2v) is 5.12. The highest BCUT2D eigenvalue weighted by molar-refractivity contribution is 5.74. The van der Waals surface area contributed by atoms with Crippen LogP contribution in [0.2, 0.25) is 0 Å². The molecule has 0 aliphatic heterocycles. The van der Waals surface area contributed by atoms with E-state index in [9.17, 15) is 9.90 Å². The molecule has 1 aromatic rings. The van der Waals surface area contributed by atoms with Crippen LogP contribution < -0.4 is 0 Å². The lowest BCUT2D eigenvalue weighted by molar-refractivity contribution is -0.152. The van der Waals surface area contributed by atoms with E-state index in [1.807, 2.05) is 29.1 Å². The summed E-state index contributed by atoms with van der Waals surface area (Å²) in [5, 5.41) is 9.46. The number of hydrogen-bond donors (Lipinski definition) is 1. The van der Waals surface area contributed by atoms with E-state index in [1.54, 1.807) is 0 Å². The minimum Gasteiger partial charge on any atom is -0.481 e. The first-order chi connectivity index (χ1) is 7.62. The van der Waals surface area contributed by atoms with Gasteiger partial charge in [-0.05, 0) is 43.7 Å². The normalized spacial score (nSPS) is 30.2. The van der Waals surface area contributed by atoms with Gasteiger partial charge in [-0.15, -0.1) is 0 Å². The average Bonchev–Trinajstić information content (AvgIpc) is 2.74. The third kappa shape index (κ3) is 2.13. The summed E-state index contributed by atoms with van der Waals surface area (Å²) in [5.74, 6) is 0.0465. The minimum absolute atomic E-state index is 0.536. The molecule has 16 heavy (non-hydrogen) atoms. The van der Waals surface area contributed by atoms with E-state index in [2.05, 4.69) is 6.92 Å². The Morgan fingerprint density at radius 2 is 1.94 bits per heavy atom. The maximum Gasteiger partial charge on any atom is 0.311 e. The maximum absolute atomic E-state index is 11.5. The van der Waals surface area contributed by atoms with E-state index in [1.165, 1.54) is 0 Å². The number of nitrogens with zero attached hydrogens (tertiary/aromatic N) is 1. The van der Waals surface area contributed by atoms with Gasteiger partial charge < -0.3 is 9.67 Å². The zero-order valence-electron chi connectivity index (χ0n) is 9.72. The van der Waals surface area contributed by atoms with Gasteiger partial charge in [-0.1, -0.05) is 6.92 Å². The number of carboxylic acid groups (broad SMARTS) is 1. The molecule has 1 aliphatic rings. The lowest BCUT2D eigenvalue weighted by Crippen LogP contribution is -2.38. The van der Waals surface area contributed by atoms with Crippen molar-refractivity contribution in [3.63, 3.8) is 0 Å². The van der Waals surface area contributed by atoms with Crippen molar-refractivity contribution in [2.24, 2.45) is 11.3 Å². The minimum atomic E-state index is -0.631. The molecule has 1 saturated carbocycles. The van der Waals surface area contributed by atoms with E-state index in [0.29, 0.717) is 12.5 Å². The summed E-state index contributed by atoms with van der Waals surface area (Å²) in [6, 6.07) is 3.89. The molecule has 1 heterocycles. The highest BCUT2D eigenvalue weighted by Crippen LogP contribution is 2.40. The number of aromatic nitrogens is 1. The van der Waals surface area contributed by atoms with E-state index in [4.69, 9.17) is 0 Å². The smallest absolute Gasteiger partial charge is 0.311 e. The van der Waals surface area contributed by atoms with Crippen LogP contribution in [0, 0.1) is 11.3 Å².